The topological polar surface area (TPSA) is 120 Å². The number of nitrogens with zero attached hydrogens (tertiary/aromatic N) is 7. The van der Waals surface area contributed by atoms with E-state index >= 15 is 0 Å². The molecule has 0 aliphatic heterocycles. The Morgan fingerprint density at radius 1 is 1.09 bits per heavy atom. The van der Waals surface area contributed by atoms with Crippen molar-refractivity contribution in [2.45, 2.75) is 90.1 Å². The summed E-state index contributed by atoms with van der Waals surface area (Å²) in [5, 5.41) is 18.5. The fraction of sp³-hybridized carbons (Fsp3) is 0.533. The van der Waals surface area contributed by atoms with Crippen LogP contribution in [0, 0.1) is 0 Å². The lowest BCUT2D eigenvalue weighted by Crippen LogP contribution is -2.27. The molecule has 5 rings (SSSR count). The molecule has 0 bridgehead atoms. The van der Waals surface area contributed by atoms with Crippen molar-refractivity contribution in [2.75, 3.05) is 23.6 Å². The number of pyridine rings is 2. The third-order valence-electron chi connectivity index (χ3n) is 7.08. The number of hydrogen-bond donors (Lipinski definition) is 1. The van der Waals surface area contributed by atoms with Gasteiger partial charge in [0.1, 0.15) is 23.2 Å². The number of hydrogen-bond acceptors (Lipinski definition) is 11. The molecule has 1 aliphatic rings. The normalized spacial score (nSPS) is 14.7. The number of carbonyl (C=O) groups is 1. The average molecular weight is 623 g/mol. The predicted octanol–water partition coefficient (Wildman–Crippen LogP) is 7.70. The van der Waals surface area contributed by atoms with Crippen molar-refractivity contribution in [3.63, 3.8) is 0 Å². The summed E-state index contributed by atoms with van der Waals surface area (Å²) in [6.07, 6.45) is 10.5. The summed E-state index contributed by atoms with van der Waals surface area (Å²) in [4.78, 5) is 23.9. The van der Waals surface area contributed by atoms with Crippen LogP contribution in [0.4, 0.5) is 27.1 Å². The molecule has 230 valence electrons. The first-order valence-electron chi connectivity index (χ1n) is 14.9. The van der Waals surface area contributed by atoms with Gasteiger partial charge in [-0.3, -0.25) is 9.88 Å². The van der Waals surface area contributed by atoms with Gasteiger partial charge in [-0.05, 0) is 57.9 Å². The molecular weight excluding hydrogens is 581 g/mol. The molecule has 1 saturated carbocycles. The molecule has 0 aromatic carbocycles. The first-order chi connectivity index (χ1) is 20.4. The molecule has 1 N–H and O–H groups in total. The molecule has 43 heavy (non-hydrogen) atoms. The monoisotopic (exact) mass is 622 g/mol. The number of nitrogens with one attached hydrogen (secondary N) is 1. The third kappa shape index (κ3) is 8.58. The minimum absolute atomic E-state index is 0.345. The largest absolute Gasteiger partial charge is 0.442 e. The average Bonchev–Trinajstić information content (AvgIpc) is 3.62. The second-order valence-electron chi connectivity index (χ2n) is 13.2. The smallest absolute Gasteiger partial charge is 0.435 e. The molecule has 4 heterocycles. The van der Waals surface area contributed by atoms with Crippen LogP contribution in [0.5, 0.6) is 0 Å². The molecule has 1 fully saturated rings. The van der Waals surface area contributed by atoms with Crippen LogP contribution in [0.2, 0.25) is 25.7 Å². The van der Waals surface area contributed by atoms with Gasteiger partial charge in [0.05, 0.1) is 41.0 Å². The fourth-order valence-electron chi connectivity index (χ4n) is 4.78. The van der Waals surface area contributed by atoms with E-state index in [1.165, 1.54) is 36.8 Å². The van der Waals surface area contributed by atoms with Gasteiger partial charge in [-0.1, -0.05) is 50.2 Å². The zero-order valence-corrected chi connectivity index (χ0v) is 27.8. The Kier molecular flexibility index (Phi) is 9.42. The van der Waals surface area contributed by atoms with E-state index in [2.05, 4.69) is 45.2 Å². The highest BCUT2D eigenvalue weighted by atomic mass is 32.1. The minimum atomic E-state index is -1.23. The van der Waals surface area contributed by atoms with Crippen LogP contribution in [-0.2, 0) is 9.47 Å². The van der Waals surface area contributed by atoms with E-state index < -0.39 is 19.8 Å². The van der Waals surface area contributed by atoms with Gasteiger partial charge in [-0.25, -0.2) is 9.78 Å². The maximum absolute atomic E-state index is 12.4. The molecule has 0 amide bonds. The van der Waals surface area contributed by atoms with Gasteiger partial charge in [0.15, 0.2) is 0 Å². The second kappa shape index (κ2) is 13.1. The SMILES string of the molecule is CC(C)(C)OC(=O)n1cc(Nc2cnc3ccc(N(COCC[Si](C)(C)C)c4nnc(C5CCCCC5)s4)nc3c2)cn1. The van der Waals surface area contributed by atoms with Crippen molar-refractivity contribution < 1.29 is 14.3 Å². The maximum Gasteiger partial charge on any atom is 0.435 e. The van der Waals surface area contributed by atoms with Crippen LogP contribution in [0.15, 0.2) is 36.8 Å². The van der Waals surface area contributed by atoms with Gasteiger partial charge >= 0.3 is 6.09 Å². The number of fused-ring (bicyclic) bond motifs is 1. The molecule has 4 aromatic heterocycles. The molecule has 0 unspecified atom stereocenters. The van der Waals surface area contributed by atoms with Crippen LogP contribution < -0.4 is 10.2 Å². The summed E-state index contributed by atoms with van der Waals surface area (Å²) in [6.45, 7) is 13.5. The molecule has 0 atom stereocenters. The first kappa shape index (κ1) is 31.0. The van der Waals surface area contributed by atoms with Crippen LogP contribution >= 0.6 is 11.3 Å². The predicted molar refractivity (Wildman–Crippen MR) is 174 cm³/mol. The lowest BCUT2D eigenvalue weighted by atomic mass is 9.90. The molecule has 1 aliphatic carbocycles. The molecule has 13 heteroatoms. The maximum atomic E-state index is 12.4. The Labute approximate surface area is 258 Å². The van der Waals surface area contributed by atoms with Crippen LogP contribution in [-0.4, -0.2) is 63.1 Å². The van der Waals surface area contributed by atoms with E-state index in [4.69, 9.17) is 14.5 Å². The van der Waals surface area contributed by atoms with Gasteiger partial charge in [0, 0.05) is 20.6 Å². The highest BCUT2D eigenvalue weighted by Crippen LogP contribution is 2.37. The summed E-state index contributed by atoms with van der Waals surface area (Å²) in [7, 11) is -1.23. The Morgan fingerprint density at radius 3 is 2.63 bits per heavy atom. The van der Waals surface area contributed by atoms with Crippen LogP contribution in [0.3, 0.4) is 0 Å². The lowest BCUT2D eigenvalue weighted by molar-refractivity contribution is 0.0514. The van der Waals surface area contributed by atoms with Gasteiger partial charge in [-0.2, -0.15) is 9.78 Å². The van der Waals surface area contributed by atoms with Crippen molar-refractivity contribution >= 4 is 58.9 Å². The van der Waals surface area contributed by atoms with Crippen molar-refractivity contribution in [1.82, 2.24) is 29.9 Å². The lowest BCUT2D eigenvalue weighted by Gasteiger charge is -2.22. The highest BCUT2D eigenvalue weighted by Gasteiger charge is 2.24. The second-order valence-corrected chi connectivity index (χ2v) is 19.9. The number of aromatic nitrogens is 6. The summed E-state index contributed by atoms with van der Waals surface area (Å²) < 4.78 is 12.7. The first-order valence-corrected chi connectivity index (χ1v) is 19.5. The quantitative estimate of drug-likeness (QED) is 0.107. The summed E-state index contributed by atoms with van der Waals surface area (Å²) in [5.74, 6) is 1.21. The Morgan fingerprint density at radius 2 is 1.88 bits per heavy atom. The van der Waals surface area contributed by atoms with Crippen LogP contribution in [0.1, 0.15) is 63.8 Å². The third-order valence-corrected chi connectivity index (χ3v) is 9.90. The molecule has 4 aromatic rings. The van der Waals surface area contributed by atoms with Crippen molar-refractivity contribution in [3.05, 3.63) is 41.8 Å². The zero-order chi connectivity index (χ0) is 30.6. The minimum Gasteiger partial charge on any atom is -0.442 e. The van der Waals surface area contributed by atoms with E-state index in [9.17, 15) is 4.79 Å². The van der Waals surface area contributed by atoms with E-state index in [0.717, 1.165) is 27.5 Å². The number of carbonyl (C=O) groups excluding carboxylic acids is 1. The highest BCUT2D eigenvalue weighted by molar-refractivity contribution is 7.15. The number of ether oxygens (including phenoxy) is 2. The Hall–Kier alpha value is -3.42. The van der Waals surface area contributed by atoms with Gasteiger partial charge < -0.3 is 14.8 Å². The number of rotatable bonds is 10. The van der Waals surface area contributed by atoms with E-state index in [1.807, 2.05) is 43.9 Å². The fourth-order valence-corrected chi connectivity index (χ4v) is 6.55. The molecule has 0 saturated heterocycles. The van der Waals surface area contributed by atoms with Gasteiger partial charge in [0.25, 0.3) is 0 Å². The van der Waals surface area contributed by atoms with Crippen molar-refractivity contribution in [1.29, 1.82) is 0 Å². The Balaban J connectivity index is 1.37. The van der Waals surface area contributed by atoms with Crippen molar-refractivity contribution in [2.24, 2.45) is 0 Å². The van der Waals surface area contributed by atoms with Gasteiger partial charge in [0.2, 0.25) is 5.13 Å². The van der Waals surface area contributed by atoms with Crippen molar-refractivity contribution in [3.8, 4) is 0 Å². The van der Waals surface area contributed by atoms with Gasteiger partial charge in [-0.15, -0.1) is 10.2 Å². The van der Waals surface area contributed by atoms with E-state index in [1.54, 1.807) is 29.9 Å². The molecule has 0 spiro atoms. The Bertz CT molecular complexity index is 1540. The zero-order valence-electron chi connectivity index (χ0n) is 26.0. The van der Waals surface area contributed by atoms with Crippen LogP contribution in [0.25, 0.3) is 11.0 Å². The molecular formula is C30H42N8O3SSi. The van der Waals surface area contributed by atoms with E-state index in [0.29, 0.717) is 36.1 Å². The summed E-state index contributed by atoms with van der Waals surface area (Å²) in [5.41, 5.74) is 2.21. The summed E-state index contributed by atoms with van der Waals surface area (Å²) in [6, 6.07) is 6.92. The van der Waals surface area contributed by atoms with E-state index in [-0.39, 0.29) is 0 Å². The number of anilines is 4. The summed E-state index contributed by atoms with van der Waals surface area (Å²) >= 11 is 1.64. The standard InChI is InChI=1S/C30H42N8O3SSi/c1-30(2,3)41-29(39)38-19-23(18-32-38)33-22-16-25-24(31-17-22)12-13-26(34-25)37(20-40-14-15-43(4,5)6)28-36-35-27(42-28)21-10-8-7-9-11-21/h12-13,16-19,21,33H,7-11,14-15,20H2,1-6H3. The molecule has 11 nitrogen and oxygen atoms in total. The molecule has 0 radical (unpaired) electrons.